The van der Waals surface area contributed by atoms with E-state index in [2.05, 4.69) is 25.5 Å². The Balaban J connectivity index is 1.51. The third-order valence-corrected chi connectivity index (χ3v) is 5.65. The molecule has 0 radical (unpaired) electrons. The van der Waals surface area contributed by atoms with Gasteiger partial charge in [-0.05, 0) is 13.0 Å². The Kier molecular flexibility index (Phi) is 4.88. The van der Waals surface area contributed by atoms with Crippen LogP contribution in [-0.2, 0) is 23.6 Å². The fourth-order valence-corrected chi connectivity index (χ4v) is 4.09. The third kappa shape index (κ3) is 3.42. The van der Waals surface area contributed by atoms with Gasteiger partial charge in [0.05, 0.1) is 16.8 Å². The summed E-state index contributed by atoms with van der Waals surface area (Å²) >= 11 is 0. The van der Waals surface area contributed by atoms with Crippen molar-refractivity contribution in [1.82, 2.24) is 34.1 Å². The van der Waals surface area contributed by atoms with Crippen LogP contribution in [0.1, 0.15) is 11.9 Å². The number of nitrogens with zero attached hydrogens (tertiary/aromatic N) is 7. The normalized spacial score (nSPS) is 22.8. The van der Waals surface area contributed by atoms with Gasteiger partial charge in [-0.1, -0.05) is 0 Å². The number of nitrogens with one attached hydrogen (secondary N) is 1. The molecule has 1 aliphatic heterocycles. The average molecular weight is 453 g/mol. The SMILES string of the molecule is Cc1cc(NC(=O)[C@H]2O[C@@H](n3cc(-c4ccn(C)n4)c4c(N)ncnc43)[C@H](O)[C@@H]2O)n(C)n1. The predicted octanol–water partition coefficient (Wildman–Crippen LogP) is -0.286. The molecule has 1 saturated heterocycles. The Morgan fingerprint density at radius 1 is 1.21 bits per heavy atom. The molecule has 5 N–H and O–H groups in total. The van der Waals surface area contributed by atoms with Crippen LogP contribution >= 0.6 is 0 Å². The number of anilines is 2. The molecular formula is C20H23N9O4. The van der Waals surface area contributed by atoms with Gasteiger partial charge >= 0.3 is 0 Å². The number of nitrogen functional groups attached to an aromatic ring is 1. The number of hydrogen-bond donors (Lipinski definition) is 4. The number of rotatable bonds is 4. The molecule has 1 amide bonds. The number of carbonyl (C=O) groups is 1. The van der Waals surface area contributed by atoms with E-state index in [9.17, 15) is 15.0 Å². The van der Waals surface area contributed by atoms with E-state index >= 15 is 0 Å². The smallest absolute Gasteiger partial charge is 0.257 e. The van der Waals surface area contributed by atoms with Gasteiger partial charge in [-0.25, -0.2) is 9.97 Å². The minimum absolute atomic E-state index is 0.230. The second kappa shape index (κ2) is 7.65. The summed E-state index contributed by atoms with van der Waals surface area (Å²) in [5.41, 5.74) is 8.48. The highest BCUT2D eigenvalue weighted by molar-refractivity contribution is 6.00. The van der Waals surface area contributed by atoms with Crippen LogP contribution in [0.25, 0.3) is 22.3 Å². The van der Waals surface area contributed by atoms with Crippen molar-refractivity contribution in [1.29, 1.82) is 0 Å². The van der Waals surface area contributed by atoms with Crippen LogP contribution in [0.2, 0.25) is 0 Å². The number of aryl methyl sites for hydroxylation is 3. The number of carbonyl (C=O) groups excluding carboxylic acids is 1. The molecule has 13 nitrogen and oxygen atoms in total. The molecule has 0 spiro atoms. The Labute approximate surface area is 187 Å². The zero-order valence-corrected chi connectivity index (χ0v) is 18.1. The first kappa shape index (κ1) is 21.1. The number of nitrogens with two attached hydrogens (primary N) is 1. The summed E-state index contributed by atoms with van der Waals surface area (Å²) in [7, 11) is 3.47. The number of amides is 1. The second-order valence-electron chi connectivity index (χ2n) is 7.99. The topological polar surface area (TPSA) is 171 Å². The standard InChI is InChI=1S/C20H23N9O4/c1-9-6-12(28(3)25-9)24-19(32)16-14(30)15(31)20(33-16)29-7-10(11-4-5-27(2)26-11)13-17(21)22-8-23-18(13)29/h4-8,14-16,20,30-31H,1-3H3,(H,24,32)(H2,21,22,23)/t14-,15+,16-,20+/m0/s1. The highest BCUT2D eigenvalue weighted by Crippen LogP contribution is 2.38. The molecule has 0 unspecified atom stereocenters. The fraction of sp³-hybridized carbons (Fsp3) is 0.350. The number of hydrogen-bond acceptors (Lipinski definition) is 9. The summed E-state index contributed by atoms with van der Waals surface area (Å²) in [5, 5.41) is 33.2. The second-order valence-corrected chi connectivity index (χ2v) is 7.99. The molecule has 13 heteroatoms. The molecule has 4 aromatic rings. The number of ether oxygens (including phenoxy) is 1. The van der Waals surface area contributed by atoms with E-state index in [1.54, 1.807) is 50.2 Å². The van der Waals surface area contributed by atoms with Crippen LogP contribution in [0.4, 0.5) is 11.6 Å². The van der Waals surface area contributed by atoms with Crippen LogP contribution in [0.15, 0.2) is 30.9 Å². The Morgan fingerprint density at radius 3 is 2.67 bits per heavy atom. The van der Waals surface area contributed by atoms with E-state index in [4.69, 9.17) is 10.5 Å². The number of fused-ring (bicyclic) bond motifs is 1. The lowest BCUT2D eigenvalue weighted by atomic mass is 10.1. The van der Waals surface area contributed by atoms with Crippen LogP contribution in [0, 0.1) is 6.92 Å². The summed E-state index contributed by atoms with van der Waals surface area (Å²) in [6.45, 7) is 1.79. The third-order valence-electron chi connectivity index (χ3n) is 5.65. The van der Waals surface area contributed by atoms with Gasteiger partial charge in [-0.15, -0.1) is 0 Å². The Bertz CT molecular complexity index is 1360. The first-order chi connectivity index (χ1) is 15.7. The molecule has 1 aliphatic rings. The molecule has 33 heavy (non-hydrogen) atoms. The van der Waals surface area contributed by atoms with Gasteiger partial charge in [0.15, 0.2) is 12.3 Å². The van der Waals surface area contributed by atoms with Crippen molar-refractivity contribution < 1.29 is 19.7 Å². The fourth-order valence-electron chi connectivity index (χ4n) is 4.09. The van der Waals surface area contributed by atoms with E-state index in [0.29, 0.717) is 28.1 Å². The average Bonchev–Trinajstić information content (AvgIpc) is 3.50. The van der Waals surface area contributed by atoms with E-state index in [0.717, 1.165) is 5.69 Å². The number of aliphatic hydroxyl groups excluding tert-OH is 2. The van der Waals surface area contributed by atoms with Gasteiger partial charge < -0.3 is 30.6 Å². The molecule has 172 valence electrons. The molecule has 0 aromatic carbocycles. The summed E-state index contributed by atoms with van der Waals surface area (Å²) in [5.74, 6) is 0.0616. The van der Waals surface area contributed by atoms with Gasteiger partial charge in [0.2, 0.25) is 0 Å². The molecule has 1 fully saturated rings. The van der Waals surface area contributed by atoms with Gasteiger partial charge in [-0.3, -0.25) is 14.2 Å². The van der Waals surface area contributed by atoms with E-state index in [1.807, 2.05) is 0 Å². The maximum Gasteiger partial charge on any atom is 0.257 e. The lowest BCUT2D eigenvalue weighted by Crippen LogP contribution is -2.39. The van der Waals surface area contributed by atoms with Crippen LogP contribution in [0.5, 0.6) is 0 Å². The lowest BCUT2D eigenvalue weighted by molar-refractivity contribution is -0.132. The molecular weight excluding hydrogens is 430 g/mol. The van der Waals surface area contributed by atoms with Gasteiger partial charge in [0.1, 0.15) is 35.8 Å². The van der Waals surface area contributed by atoms with Crippen LogP contribution < -0.4 is 11.1 Å². The van der Waals surface area contributed by atoms with Crippen LogP contribution in [0.3, 0.4) is 0 Å². The molecule has 4 atom stereocenters. The maximum absolute atomic E-state index is 12.8. The first-order valence-electron chi connectivity index (χ1n) is 10.2. The van der Waals surface area contributed by atoms with E-state index in [1.165, 1.54) is 15.6 Å². The van der Waals surface area contributed by atoms with Crippen molar-refractivity contribution in [3.63, 3.8) is 0 Å². The minimum atomic E-state index is -1.47. The highest BCUT2D eigenvalue weighted by Gasteiger charge is 2.48. The first-order valence-corrected chi connectivity index (χ1v) is 10.2. The number of aliphatic hydroxyl groups is 2. The Morgan fingerprint density at radius 2 is 2.00 bits per heavy atom. The Hall–Kier alpha value is -3.81. The lowest BCUT2D eigenvalue weighted by Gasteiger charge is -2.17. The van der Waals surface area contributed by atoms with Gasteiger partial charge in [0, 0.05) is 38.1 Å². The van der Waals surface area contributed by atoms with Crippen LogP contribution in [-0.4, -0.2) is 68.5 Å². The van der Waals surface area contributed by atoms with Gasteiger partial charge in [0.25, 0.3) is 5.91 Å². The van der Waals surface area contributed by atoms with Crippen molar-refractivity contribution in [2.45, 2.75) is 31.5 Å². The molecule has 0 aliphatic carbocycles. The van der Waals surface area contributed by atoms with E-state index in [-0.39, 0.29) is 5.82 Å². The van der Waals surface area contributed by atoms with Crippen molar-refractivity contribution in [2.24, 2.45) is 14.1 Å². The monoisotopic (exact) mass is 453 g/mol. The molecule has 0 bridgehead atoms. The minimum Gasteiger partial charge on any atom is -0.387 e. The largest absolute Gasteiger partial charge is 0.387 e. The molecule has 0 saturated carbocycles. The van der Waals surface area contributed by atoms with Crippen molar-refractivity contribution in [3.05, 3.63) is 36.5 Å². The highest BCUT2D eigenvalue weighted by atomic mass is 16.6. The van der Waals surface area contributed by atoms with Gasteiger partial charge in [-0.2, -0.15) is 10.2 Å². The number of aromatic nitrogens is 7. The summed E-state index contributed by atoms with van der Waals surface area (Å²) < 4.78 is 10.5. The molecule has 5 heterocycles. The quantitative estimate of drug-likeness (QED) is 0.324. The summed E-state index contributed by atoms with van der Waals surface area (Å²) in [6, 6.07) is 3.49. The van der Waals surface area contributed by atoms with E-state index < -0.39 is 30.4 Å². The zero-order chi connectivity index (χ0) is 23.4. The van der Waals surface area contributed by atoms with Crippen molar-refractivity contribution in [2.75, 3.05) is 11.1 Å². The molecule has 5 rings (SSSR count). The predicted molar refractivity (Wildman–Crippen MR) is 117 cm³/mol. The van der Waals surface area contributed by atoms with Crippen molar-refractivity contribution in [3.8, 4) is 11.3 Å². The molecule has 4 aromatic heterocycles. The summed E-state index contributed by atoms with van der Waals surface area (Å²) in [6.07, 6.45) is -0.555. The maximum atomic E-state index is 12.8. The summed E-state index contributed by atoms with van der Waals surface area (Å²) in [4.78, 5) is 21.2. The van der Waals surface area contributed by atoms with Crippen molar-refractivity contribution >= 4 is 28.6 Å². The zero-order valence-electron chi connectivity index (χ0n) is 18.1.